The summed E-state index contributed by atoms with van der Waals surface area (Å²) in [4.78, 5) is 2.42. The van der Waals surface area contributed by atoms with E-state index >= 15 is 0 Å². The lowest BCUT2D eigenvalue weighted by atomic mass is 9.95. The molecule has 21 heavy (non-hydrogen) atoms. The number of ether oxygens (including phenoxy) is 1. The van der Waals surface area contributed by atoms with Crippen LogP contribution in [-0.2, 0) is 0 Å². The summed E-state index contributed by atoms with van der Waals surface area (Å²) in [6.07, 6.45) is 4.21. The topological polar surface area (TPSA) is 41.1 Å². The van der Waals surface area contributed by atoms with Gasteiger partial charge in [-0.15, -0.1) is 0 Å². The second kappa shape index (κ2) is 6.72. The van der Waals surface area contributed by atoms with E-state index in [4.69, 9.17) is 4.74 Å². The van der Waals surface area contributed by atoms with Crippen molar-refractivity contribution in [1.82, 2.24) is 15.1 Å². The third kappa shape index (κ3) is 3.82. The first-order valence-corrected chi connectivity index (χ1v) is 7.41. The van der Waals surface area contributed by atoms with Crippen molar-refractivity contribution < 1.29 is 9.13 Å². The normalized spacial score (nSPS) is 19.6. The SMILES string of the molecule is Fc1ccc(OCCN2CCCC(c3ccn[nH]3)C2)cc1. The van der Waals surface area contributed by atoms with Crippen LogP contribution in [0.1, 0.15) is 24.5 Å². The average molecular weight is 289 g/mol. The lowest BCUT2D eigenvalue weighted by molar-refractivity contribution is 0.169. The predicted octanol–water partition coefficient (Wildman–Crippen LogP) is 2.81. The predicted molar refractivity (Wildman–Crippen MR) is 78.9 cm³/mol. The maximum absolute atomic E-state index is 12.8. The van der Waals surface area contributed by atoms with Crippen molar-refractivity contribution in [1.29, 1.82) is 0 Å². The zero-order valence-electron chi connectivity index (χ0n) is 12.0. The summed E-state index contributed by atoms with van der Waals surface area (Å²) < 4.78 is 18.5. The Labute approximate surface area is 123 Å². The van der Waals surface area contributed by atoms with Gasteiger partial charge in [-0.1, -0.05) is 0 Å². The van der Waals surface area contributed by atoms with Crippen LogP contribution >= 0.6 is 0 Å². The third-order valence-corrected chi connectivity index (χ3v) is 3.96. The first-order valence-electron chi connectivity index (χ1n) is 7.41. The molecule has 0 spiro atoms. The summed E-state index contributed by atoms with van der Waals surface area (Å²) in [7, 11) is 0. The quantitative estimate of drug-likeness (QED) is 0.920. The number of halogens is 1. The highest BCUT2D eigenvalue weighted by Gasteiger charge is 2.21. The van der Waals surface area contributed by atoms with Crippen molar-refractivity contribution in [3.8, 4) is 5.75 Å². The van der Waals surface area contributed by atoms with E-state index in [1.807, 2.05) is 6.20 Å². The Morgan fingerprint density at radius 2 is 2.14 bits per heavy atom. The van der Waals surface area contributed by atoms with Crippen molar-refractivity contribution >= 4 is 0 Å². The van der Waals surface area contributed by atoms with Crippen molar-refractivity contribution in [3.05, 3.63) is 48.0 Å². The monoisotopic (exact) mass is 289 g/mol. The van der Waals surface area contributed by atoms with Gasteiger partial charge in [0.05, 0.1) is 0 Å². The molecule has 1 fully saturated rings. The molecule has 0 amide bonds. The molecule has 1 saturated heterocycles. The van der Waals surface area contributed by atoms with E-state index in [0.717, 1.165) is 25.4 Å². The van der Waals surface area contributed by atoms with E-state index < -0.39 is 0 Å². The minimum Gasteiger partial charge on any atom is -0.492 e. The number of hydrogen-bond acceptors (Lipinski definition) is 3. The highest BCUT2D eigenvalue weighted by atomic mass is 19.1. The number of nitrogens with zero attached hydrogens (tertiary/aromatic N) is 2. The van der Waals surface area contributed by atoms with Gasteiger partial charge in [0.1, 0.15) is 18.2 Å². The maximum Gasteiger partial charge on any atom is 0.123 e. The third-order valence-electron chi connectivity index (χ3n) is 3.96. The van der Waals surface area contributed by atoms with E-state index in [1.165, 1.54) is 30.7 Å². The lowest BCUT2D eigenvalue weighted by Gasteiger charge is -2.32. The number of nitrogens with one attached hydrogen (secondary N) is 1. The Balaban J connectivity index is 1.46. The van der Waals surface area contributed by atoms with Crippen molar-refractivity contribution in [3.63, 3.8) is 0 Å². The van der Waals surface area contributed by atoms with Crippen LogP contribution in [0.2, 0.25) is 0 Å². The van der Waals surface area contributed by atoms with Crippen molar-refractivity contribution in [2.75, 3.05) is 26.2 Å². The van der Waals surface area contributed by atoms with E-state index in [0.29, 0.717) is 12.5 Å². The first kappa shape index (κ1) is 14.1. The standard InChI is InChI=1S/C16H20FN3O/c17-14-3-5-15(6-4-14)21-11-10-20-9-1-2-13(12-20)16-7-8-18-19-16/h3-8,13H,1-2,9-12H2,(H,18,19). The Kier molecular flexibility index (Phi) is 4.50. The molecule has 1 aliphatic heterocycles. The summed E-state index contributed by atoms with van der Waals surface area (Å²) in [5.74, 6) is 1.02. The van der Waals surface area contributed by atoms with Crippen LogP contribution < -0.4 is 4.74 Å². The molecule has 3 rings (SSSR count). The van der Waals surface area contributed by atoms with Crippen LogP contribution in [0, 0.1) is 5.82 Å². The number of aromatic amines is 1. The molecule has 1 aliphatic rings. The highest BCUT2D eigenvalue weighted by Crippen LogP contribution is 2.24. The van der Waals surface area contributed by atoms with Gasteiger partial charge in [-0.25, -0.2) is 4.39 Å². The molecule has 0 aliphatic carbocycles. The molecular weight excluding hydrogens is 269 g/mol. The number of rotatable bonds is 5. The van der Waals surface area contributed by atoms with Gasteiger partial charge in [-0.05, 0) is 49.7 Å². The minimum absolute atomic E-state index is 0.235. The molecule has 1 N–H and O–H groups in total. The van der Waals surface area contributed by atoms with Gasteiger partial charge in [-0.2, -0.15) is 5.10 Å². The number of likely N-dealkylation sites (tertiary alicyclic amines) is 1. The van der Waals surface area contributed by atoms with Gasteiger partial charge >= 0.3 is 0 Å². The molecule has 1 unspecified atom stereocenters. The molecule has 0 radical (unpaired) electrons. The Hall–Kier alpha value is -1.88. The van der Waals surface area contributed by atoms with Crippen LogP contribution in [0.4, 0.5) is 4.39 Å². The Morgan fingerprint density at radius 3 is 2.90 bits per heavy atom. The maximum atomic E-state index is 12.8. The minimum atomic E-state index is -0.235. The second-order valence-electron chi connectivity index (χ2n) is 5.45. The molecule has 1 atom stereocenters. The number of aromatic nitrogens is 2. The van der Waals surface area contributed by atoms with Crippen LogP contribution in [-0.4, -0.2) is 41.3 Å². The highest BCUT2D eigenvalue weighted by molar-refractivity contribution is 5.22. The summed E-state index contributed by atoms with van der Waals surface area (Å²) in [5, 5.41) is 7.10. The lowest BCUT2D eigenvalue weighted by Crippen LogP contribution is -2.37. The molecule has 1 aromatic heterocycles. The van der Waals surface area contributed by atoms with Crippen molar-refractivity contribution in [2.45, 2.75) is 18.8 Å². The number of hydrogen-bond donors (Lipinski definition) is 1. The van der Waals surface area contributed by atoms with E-state index in [2.05, 4.69) is 21.2 Å². The van der Waals surface area contributed by atoms with E-state index in [-0.39, 0.29) is 5.82 Å². The van der Waals surface area contributed by atoms with Gasteiger partial charge in [-0.3, -0.25) is 10.00 Å². The first-order chi connectivity index (χ1) is 10.3. The molecular formula is C16H20FN3O. The summed E-state index contributed by atoms with van der Waals surface area (Å²) in [6, 6.07) is 8.23. The second-order valence-corrected chi connectivity index (χ2v) is 5.45. The zero-order chi connectivity index (χ0) is 14.5. The van der Waals surface area contributed by atoms with Gasteiger partial charge < -0.3 is 4.74 Å². The summed E-state index contributed by atoms with van der Waals surface area (Å²) in [6.45, 7) is 3.66. The fourth-order valence-corrected chi connectivity index (χ4v) is 2.83. The van der Waals surface area contributed by atoms with Gasteiger partial charge in [0.25, 0.3) is 0 Å². The van der Waals surface area contributed by atoms with Crippen LogP contribution in [0.15, 0.2) is 36.5 Å². The average Bonchev–Trinajstić information content (AvgIpc) is 3.04. The molecule has 2 heterocycles. The smallest absolute Gasteiger partial charge is 0.123 e. The molecule has 2 aromatic rings. The number of H-pyrrole nitrogens is 1. The van der Waals surface area contributed by atoms with Gasteiger partial charge in [0.2, 0.25) is 0 Å². The zero-order valence-corrected chi connectivity index (χ0v) is 12.0. The summed E-state index contributed by atoms with van der Waals surface area (Å²) >= 11 is 0. The number of benzene rings is 1. The molecule has 0 bridgehead atoms. The fourth-order valence-electron chi connectivity index (χ4n) is 2.83. The number of piperidine rings is 1. The largest absolute Gasteiger partial charge is 0.492 e. The Bertz CT molecular complexity index is 541. The summed E-state index contributed by atoms with van der Waals surface area (Å²) in [5.41, 5.74) is 1.22. The van der Waals surface area contributed by atoms with E-state index in [9.17, 15) is 4.39 Å². The molecule has 112 valence electrons. The molecule has 5 heteroatoms. The fraction of sp³-hybridized carbons (Fsp3) is 0.438. The molecule has 0 saturated carbocycles. The van der Waals surface area contributed by atoms with Gasteiger partial charge in [0.15, 0.2) is 0 Å². The molecule has 1 aromatic carbocycles. The van der Waals surface area contributed by atoms with Crippen molar-refractivity contribution in [2.24, 2.45) is 0 Å². The van der Waals surface area contributed by atoms with Crippen LogP contribution in [0.25, 0.3) is 0 Å². The van der Waals surface area contributed by atoms with Crippen LogP contribution in [0.3, 0.4) is 0 Å². The Morgan fingerprint density at radius 1 is 1.29 bits per heavy atom. The van der Waals surface area contributed by atoms with Crippen LogP contribution in [0.5, 0.6) is 5.75 Å². The van der Waals surface area contributed by atoms with Gasteiger partial charge in [0, 0.05) is 30.9 Å². The molecule has 4 nitrogen and oxygen atoms in total. The van der Waals surface area contributed by atoms with E-state index in [1.54, 1.807) is 12.1 Å².